The van der Waals surface area contributed by atoms with Gasteiger partial charge in [0.2, 0.25) is 0 Å². The van der Waals surface area contributed by atoms with Gasteiger partial charge in [0.05, 0.1) is 0 Å². The molecule has 0 aromatic carbocycles. The Hall–Kier alpha value is -1.82. The van der Waals surface area contributed by atoms with Crippen LogP contribution in [0.15, 0.2) is 16.5 Å². The molecule has 0 aliphatic rings. The van der Waals surface area contributed by atoms with E-state index in [1.54, 1.807) is 32.9 Å². The van der Waals surface area contributed by atoms with Crippen molar-refractivity contribution in [2.45, 2.75) is 39.7 Å². The summed E-state index contributed by atoms with van der Waals surface area (Å²) in [4.78, 5) is 28.1. The minimum absolute atomic E-state index is 0.0912. The number of aryl methyl sites for hydroxylation is 1. The molecule has 1 amide bonds. The van der Waals surface area contributed by atoms with Crippen LogP contribution in [0.4, 0.5) is 0 Å². The third kappa shape index (κ3) is 6.86. The summed E-state index contributed by atoms with van der Waals surface area (Å²) in [6.07, 6.45) is 0.719. The predicted molar refractivity (Wildman–Crippen MR) is 88.4 cm³/mol. The molecule has 0 atom stereocenters. The molecule has 23 heavy (non-hydrogen) atoms. The number of hydrogen-bond acceptors (Lipinski definition) is 5. The molecule has 0 aliphatic carbocycles. The van der Waals surface area contributed by atoms with E-state index in [1.165, 1.54) is 4.90 Å². The fourth-order valence-electron chi connectivity index (χ4n) is 1.94. The molecule has 0 bridgehead atoms. The average molecular weight is 324 g/mol. The van der Waals surface area contributed by atoms with Gasteiger partial charge in [0.25, 0.3) is 5.91 Å². The number of carbonyl (C=O) groups is 2. The Kier molecular flexibility index (Phi) is 6.81. The number of amides is 1. The normalized spacial score (nSPS) is 11.6. The molecular weight excluding hydrogens is 296 g/mol. The molecule has 0 radical (unpaired) electrons. The van der Waals surface area contributed by atoms with Crippen molar-refractivity contribution in [3.8, 4) is 0 Å². The molecule has 6 nitrogen and oxygen atoms in total. The van der Waals surface area contributed by atoms with E-state index in [4.69, 9.17) is 9.15 Å². The summed E-state index contributed by atoms with van der Waals surface area (Å²) < 4.78 is 10.8. The second-order valence-corrected chi connectivity index (χ2v) is 6.74. The Morgan fingerprint density at radius 2 is 1.83 bits per heavy atom. The largest absolute Gasteiger partial charge is 0.459 e. The van der Waals surface area contributed by atoms with Crippen molar-refractivity contribution < 1.29 is 18.7 Å². The number of carbonyl (C=O) groups excluding carboxylic acids is 2. The molecule has 1 rings (SSSR count). The van der Waals surface area contributed by atoms with Crippen molar-refractivity contribution in [1.82, 2.24) is 9.80 Å². The van der Waals surface area contributed by atoms with Crippen LogP contribution in [0.25, 0.3) is 0 Å². The first-order valence-electron chi connectivity index (χ1n) is 7.87. The second-order valence-electron chi connectivity index (χ2n) is 6.74. The Balaban J connectivity index is 2.82. The van der Waals surface area contributed by atoms with Gasteiger partial charge >= 0.3 is 5.97 Å². The average Bonchev–Trinajstić information content (AvgIpc) is 2.89. The first kappa shape index (κ1) is 19.2. The molecule has 0 unspecified atom stereocenters. The van der Waals surface area contributed by atoms with Crippen molar-refractivity contribution in [3.63, 3.8) is 0 Å². The van der Waals surface area contributed by atoms with E-state index in [0.717, 1.165) is 12.2 Å². The summed E-state index contributed by atoms with van der Waals surface area (Å²) in [6, 6.07) is 3.43. The van der Waals surface area contributed by atoms with E-state index in [0.29, 0.717) is 13.1 Å². The topological polar surface area (TPSA) is 63.0 Å². The van der Waals surface area contributed by atoms with E-state index in [1.807, 2.05) is 25.9 Å². The van der Waals surface area contributed by atoms with Gasteiger partial charge in [-0.3, -0.25) is 9.59 Å². The van der Waals surface area contributed by atoms with Gasteiger partial charge in [0.15, 0.2) is 5.76 Å². The molecule has 6 heteroatoms. The molecule has 0 fully saturated rings. The van der Waals surface area contributed by atoms with Crippen molar-refractivity contribution in [1.29, 1.82) is 0 Å². The van der Waals surface area contributed by atoms with Gasteiger partial charge in [-0.25, -0.2) is 0 Å². The first-order chi connectivity index (χ1) is 10.6. The highest BCUT2D eigenvalue weighted by atomic mass is 16.6. The zero-order valence-electron chi connectivity index (χ0n) is 15.0. The summed E-state index contributed by atoms with van der Waals surface area (Å²) in [6.45, 7) is 8.34. The van der Waals surface area contributed by atoms with Crippen LogP contribution in [0.3, 0.4) is 0 Å². The van der Waals surface area contributed by atoms with Crippen LogP contribution in [0, 0.1) is 0 Å². The van der Waals surface area contributed by atoms with Crippen LogP contribution in [0.5, 0.6) is 0 Å². The van der Waals surface area contributed by atoms with Crippen LogP contribution in [-0.4, -0.2) is 61.0 Å². The summed E-state index contributed by atoms with van der Waals surface area (Å²) in [5, 5.41) is 0. The standard InChI is InChI=1S/C17H28N2O4/c1-7-13-8-9-14(22-13)16(21)19(11-10-18(5)6)12-15(20)23-17(2,3)4/h8-9H,7,10-12H2,1-6H3. The fourth-order valence-corrected chi connectivity index (χ4v) is 1.94. The minimum Gasteiger partial charge on any atom is -0.459 e. The lowest BCUT2D eigenvalue weighted by Crippen LogP contribution is -2.41. The number of furan rings is 1. The molecule has 0 N–H and O–H groups in total. The molecule has 1 aromatic rings. The molecule has 0 spiro atoms. The first-order valence-corrected chi connectivity index (χ1v) is 7.87. The Morgan fingerprint density at radius 3 is 2.30 bits per heavy atom. The highest BCUT2D eigenvalue weighted by molar-refractivity contribution is 5.93. The molecule has 0 aliphatic heterocycles. The smallest absolute Gasteiger partial charge is 0.326 e. The molecule has 1 aromatic heterocycles. The molecule has 0 saturated heterocycles. The number of likely N-dealkylation sites (N-methyl/N-ethyl adjacent to an activating group) is 1. The van der Waals surface area contributed by atoms with Gasteiger partial charge in [-0.05, 0) is 47.0 Å². The highest BCUT2D eigenvalue weighted by Crippen LogP contribution is 2.13. The quantitative estimate of drug-likeness (QED) is 0.720. The lowest BCUT2D eigenvalue weighted by Gasteiger charge is -2.25. The van der Waals surface area contributed by atoms with Crippen molar-refractivity contribution in [3.05, 3.63) is 23.7 Å². The van der Waals surface area contributed by atoms with E-state index < -0.39 is 11.6 Å². The fraction of sp³-hybridized carbons (Fsp3) is 0.647. The maximum Gasteiger partial charge on any atom is 0.326 e. The van der Waals surface area contributed by atoms with Crippen molar-refractivity contribution in [2.24, 2.45) is 0 Å². The highest BCUT2D eigenvalue weighted by Gasteiger charge is 2.24. The van der Waals surface area contributed by atoms with Gasteiger partial charge in [0.1, 0.15) is 17.9 Å². The van der Waals surface area contributed by atoms with Gasteiger partial charge in [0, 0.05) is 19.5 Å². The summed E-state index contributed by atoms with van der Waals surface area (Å²) in [7, 11) is 3.83. The van der Waals surface area contributed by atoms with Gasteiger partial charge < -0.3 is 19.0 Å². The zero-order chi connectivity index (χ0) is 17.6. The lowest BCUT2D eigenvalue weighted by atomic mass is 10.2. The third-order valence-electron chi connectivity index (χ3n) is 3.07. The van der Waals surface area contributed by atoms with Crippen molar-refractivity contribution >= 4 is 11.9 Å². The van der Waals surface area contributed by atoms with Crippen molar-refractivity contribution in [2.75, 3.05) is 33.7 Å². The Morgan fingerprint density at radius 1 is 1.17 bits per heavy atom. The molecule has 0 saturated carbocycles. The van der Waals surface area contributed by atoms with E-state index in [-0.39, 0.29) is 18.2 Å². The Bertz CT molecular complexity index is 529. The van der Waals surface area contributed by atoms with Crippen LogP contribution in [-0.2, 0) is 16.0 Å². The van der Waals surface area contributed by atoms with Gasteiger partial charge in [-0.15, -0.1) is 0 Å². The number of esters is 1. The monoisotopic (exact) mass is 324 g/mol. The summed E-state index contributed by atoms with van der Waals surface area (Å²) >= 11 is 0. The van der Waals surface area contributed by atoms with E-state index in [2.05, 4.69) is 0 Å². The number of rotatable bonds is 7. The molecular formula is C17H28N2O4. The Labute approximate surface area is 138 Å². The predicted octanol–water partition coefficient (Wildman–Crippen LogP) is 2.19. The summed E-state index contributed by atoms with van der Waals surface area (Å²) in [5.74, 6) is 0.284. The third-order valence-corrected chi connectivity index (χ3v) is 3.07. The van der Waals surface area contributed by atoms with E-state index >= 15 is 0 Å². The lowest BCUT2D eigenvalue weighted by molar-refractivity contribution is -0.155. The zero-order valence-corrected chi connectivity index (χ0v) is 15.0. The second kappa shape index (κ2) is 8.15. The van der Waals surface area contributed by atoms with Crippen LogP contribution < -0.4 is 0 Å². The number of ether oxygens (including phenoxy) is 1. The molecule has 1 heterocycles. The van der Waals surface area contributed by atoms with Crippen LogP contribution in [0.1, 0.15) is 44.0 Å². The van der Waals surface area contributed by atoms with Gasteiger partial charge in [-0.2, -0.15) is 0 Å². The SMILES string of the molecule is CCc1ccc(C(=O)N(CCN(C)C)CC(=O)OC(C)(C)C)o1. The number of nitrogens with zero attached hydrogens (tertiary/aromatic N) is 2. The molecule has 130 valence electrons. The van der Waals surface area contributed by atoms with Crippen LogP contribution >= 0.6 is 0 Å². The summed E-state index contributed by atoms with van der Waals surface area (Å²) in [5.41, 5.74) is -0.576. The van der Waals surface area contributed by atoms with Crippen LogP contribution in [0.2, 0.25) is 0 Å². The minimum atomic E-state index is -0.576. The maximum atomic E-state index is 12.6. The maximum absolute atomic E-state index is 12.6. The van der Waals surface area contributed by atoms with Gasteiger partial charge in [-0.1, -0.05) is 6.92 Å². The van der Waals surface area contributed by atoms with E-state index in [9.17, 15) is 9.59 Å². The number of hydrogen-bond donors (Lipinski definition) is 0.